The first-order valence-electron chi connectivity index (χ1n) is 4.01. The fraction of sp³-hybridized carbons (Fsp3) is 0.875. The molecule has 0 aromatic carbocycles. The fourth-order valence-corrected chi connectivity index (χ4v) is 1.47. The van der Waals surface area contributed by atoms with Gasteiger partial charge >= 0.3 is 5.97 Å². The Balaban J connectivity index is 3.75. The van der Waals surface area contributed by atoms with Crippen LogP contribution in [0.4, 0.5) is 0 Å². The highest BCUT2D eigenvalue weighted by molar-refractivity contribution is 8.00. The summed E-state index contributed by atoms with van der Waals surface area (Å²) >= 11 is 1.61. The molecule has 1 atom stereocenters. The van der Waals surface area contributed by atoms with E-state index in [-0.39, 0.29) is 4.75 Å². The smallest absolute Gasteiger partial charge is 0.321 e. The average molecular weight is 191 g/mol. The molecule has 0 fully saturated rings. The number of hydrogen-bond donors (Lipinski definition) is 2. The van der Waals surface area contributed by atoms with Gasteiger partial charge in [0, 0.05) is 10.5 Å². The molecule has 0 rings (SSSR count). The summed E-state index contributed by atoms with van der Waals surface area (Å²) in [4.78, 5) is 10.4. The topological polar surface area (TPSA) is 63.3 Å². The molecule has 0 aliphatic heterocycles. The van der Waals surface area contributed by atoms with Gasteiger partial charge in [-0.1, -0.05) is 20.8 Å². The monoisotopic (exact) mass is 191 g/mol. The van der Waals surface area contributed by atoms with Crippen molar-refractivity contribution in [1.82, 2.24) is 0 Å². The van der Waals surface area contributed by atoms with Gasteiger partial charge in [-0.3, -0.25) is 4.79 Å². The molecular formula is C8H17NO2S. The maximum Gasteiger partial charge on any atom is 0.321 e. The number of hydrogen-bond acceptors (Lipinski definition) is 3. The van der Waals surface area contributed by atoms with E-state index in [1.54, 1.807) is 11.8 Å². The molecule has 3 N–H and O–H groups in total. The first kappa shape index (κ1) is 11.8. The van der Waals surface area contributed by atoms with Crippen molar-refractivity contribution in [1.29, 1.82) is 0 Å². The van der Waals surface area contributed by atoms with Gasteiger partial charge in [-0.25, -0.2) is 0 Å². The maximum absolute atomic E-state index is 10.4. The molecule has 12 heavy (non-hydrogen) atoms. The van der Waals surface area contributed by atoms with E-state index >= 15 is 0 Å². The molecule has 72 valence electrons. The van der Waals surface area contributed by atoms with Crippen molar-refractivity contribution >= 4 is 17.7 Å². The Morgan fingerprint density at radius 1 is 1.67 bits per heavy atom. The summed E-state index contributed by atoms with van der Waals surface area (Å²) in [5.41, 5.74) is 5.36. The molecule has 0 spiro atoms. The van der Waals surface area contributed by atoms with Crippen molar-refractivity contribution in [2.45, 2.75) is 38.0 Å². The minimum atomic E-state index is -0.922. The predicted molar refractivity (Wildman–Crippen MR) is 52.4 cm³/mol. The standard InChI is InChI=1S/C8H17NO2S/c1-4-8(2,3)12-5-6(9)7(10)11/h6H,4-5,9H2,1-3H3,(H,10,11). The molecule has 4 heteroatoms. The molecule has 0 amide bonds. The molecule has 0 aliphatic rings. The van der Waals surface area contributed by atoms with Crippen LogP contribution in [0.3, 0.4) is 0 Å². The lowest BCUT2D eigenvalue weighted by Crippen LogP contribution is -2.34. The predicted octanol–water partition coefficient (Wildman–Crippen LogP) is 1.32. The van der Waals surface area contributed by atoms with Crippen LogP contribution >= 0.6 is 11.8 Å². The van der Waals surface area contributed by atoms with Gasteiger partial charge in [-0.05, 0) is 6.42 Å². The van der Waals surface area contributed by atoms with Gasteiger partial charge in [-0.15, -0.1) is 0 Å². The number of aliphatic carboxylic acids is 1. The number of nitrogens with two attached hydrogens (primary N) is 1. The number of rotatable bonds is 5. The quantitative estimate of drug-likeness (QED) is 0.688. The lowest BCUT2D eigenvalue weighted by Gasteiger charge is -2.22. The highest BCUT2D eigenvalue weighted by atomic mass is 32.2. The van der Waals surface area contributed by atoms with Crippen LogP contribution in [0.25, 0.3) is 0 Å². The molecule has 0 saturated heterocycles. The van der Waals surface area contributed by atoms with Crippen molar-refractivity contribution in [3.63, 3.8) is 0 Å². The Labute approximate surface area is 77.7 Å². The molecule has 1 unspecified atom stereocenters. The minimum absolute atomic E-state index is 0.132. The van der Waals surface area contributed by atoms with Crippen LogP contribution < -0.4 is 5.73 Å². The third-order valence-corrected chi connectivity index (χ3v) is 3.42. The lowest BCUT2D eigenvalue weighted by molar-refractivity contribution is -0.137. The Morgan fingerprint density at radius 2 is 2.17 bits per heavy atom. The van der Waals surface area contributed by atoms with Crippen LogP contribution in [-0.2, 0) is 4.79 Å². The van der Waals surface area contributed by atoms with Gasteiger partial charge < -0.3 is 10.8 Å². The zero-order chi connectivity index (χ0) is 9.78. The van der Waals surface area contributed by atoms with E-state index in [4.69, 9.17) is 10.8 Å². The van der Waals surface area contributed by atoms with Gasteiger partial charge in [0.2, 0.25) is 0 Å². The molecule has 0 radical (unpaired) electrons. The Bertz CT molecular complexity index is 159. The zero-order valence-corrected chi connectivity index (χ0v) is 8.65. The third-order valence-electron chi connectivity index (χ3n) is 1.82. The van der Waals surface area contributed by atoms with Crippen molar-refractivity contribution < 1.29 is 9.90 Å². The van der Waals surface area contributed by atoms with Gasteiger partial charge in [0.05, 0.1) is 0 Å². The molecule has 0 aromatic heterocycles. The maximum atomic E-state index is 10.4. The summed E-state index contributed by atoms with van der Waals surface area (Å²) in [7, 11) is 0. The largest absolute Gasteiger partial charge is 0.480 e. The average Bonchev–Trinajstić information content (AvgIpc) is 2.00. The van der Waals surface area contributed by atoms with Gasteiger partial charge in [0.1, 0.15) is 6.04 Å². The highest BCUT2D eigenvalue weighted by Crippen LogP contribution is 2.27. The van der Waals surface area contributed by atoms with E-state index < -0.39 is 12.0 Å². The number of thioether (sulfide) groups is 1. The second-order valence-electron chi connectivity index (χ2n) is 3.37. The Hall–Kier alpha value is -0.220. The Kier molecular flexibility index (Phi) is 4.63. The number of carboxylic acids is 1. The third kappa shape index (κ3) is 4.62. The van der Waals surface area contributed by atoms with E-state index in [2.05, 4.69) is 20.8 Å². The van der Waals surface area contributed by atoms with Crippen molar-refractivity contribution in [2.75, 3.05) is 5.75 Å². The molecule has 0 aliphatic carbocycles. The van der Waals surface area contributed by atoms with Crippen LogP contribution in [0.2, 0.25) is 0 Å². The van der Waals surface area contributed by atoms with E-state index in [1.165, 1.54) is 0 Å². The van der Waals surface area contributed by atoms with Crippen molar-refractivity contribution in [2.24, 2.45) is 5.73 Å². The molecule has 0 bridgehead atoms. The fourth-order valence-electron chi connectivity index (χ4n) is 0.489. The molecule has 0 saturated carbocycles. The normalized spacial score (nSPS) is 14.3. The Morgan fingerprint density at radius 3 is 2.50 bits per heavy atom. The van der Waals surface area contributed by atoms with E-state index in [9.17, 15) is 4.79 Å². The number of carboxylic acid groups (broad SMARTS) is 1. The summed E-state index contributed by atoms with van der Waals surface area (Å²) in [5, 5.41) is 8.51. The second kappa shape index (κ2) is 4.72. The number of carbonyl (C=O) groups is 1. The summed E-state index contributed by atoms with van der Waals surface area (Å²) in [5.74, 6) is -0.440. The van der Waals surface area contributed by atoms with Crippen LogP contribution in [0.1, 0.15) is 27.2 Å². The van der Waals surface area contributed by atoms with Crippen LogP contribution in [-0.4, -0.2) is 27.6 Å². The minimum Gasteiger partial charge on any atom is -0.480 e. The van der Waals surface area contributed by atoms with Crippen molar-refractivity contribution in [3.05, 3.63) is 0 Å². The van der Waals surface area contributed by atoms with E-state index in [0.717, 1.165) is 6.42 Å². The zero-order valence-electron chi connectivity index (χ0n) is 7.83. The van der Waals surface area contributed by atoms with Gasteiger partial charge in [-0.2, -0.15) is 11.8 Å². The van der Waals surface area contributed by atoms with Crippen LogP contribution in [0.15, 0.2) is 0 Å². The summed E-state index contributed by atoms with van der Waals surface area (Å²) in [6.07, 6.45) is 1.02. The summed E-state index contributed by atoms with van der Waals surface area (Å²) < 4.78 is 0.132. The molecule has 0 heterocycles. The first-order valence-corrected chi connectivity index (χ1v) is 5.00. The first-order chi connectivity index (χ1) is 5.39. The van der Waals surface area contributed by atoms with Crippen molar-refractivity contribution in [3.8, 4) is 0 Å². The second-order valence-corrected chi connectivity index (χ2v) is 5.10. The van der Waals surface area contributed by atoms with Gasteiger partial charge in [0.25, 0.3) is 0 Å². The van der Waals surface area contributed by atoms with Crippen LogP contribution in [0.5, 0.6) is 0 Å². The van der Waals surface area contributed by atoms with Gasteiger partial charge in [0.15, 0.2) is 0 Å². The van der Waals surface area contributed by atoms with E-state index in [0.29, 0.717) is 5.75 Å². The summed E-state index contributed by atoms with van der Waals surface area (Å²) in [6, 6.07) is -0.735. The molecular weight excluding hydrogens is 174 g/mol. The lowest BCUT2D eigenvalue weighted by atomic mass is 10.1. The van der Waals surface area contributed by atoms with Crippen LogP contribution in [0, 0.1) is 0 Å². The SMILES string of the molecule is CCC(C)(C)SCC(N)C(=O)O. The molecule has 0 aromatic rings. The summed E-state index contributed by atoms with van der Waals surface area (Å²) in [6.45, 7) is 6.26. The molecule has 3 nitrogen and oxygen atoms in total. The van der Waals surface area contributed by atoms with E-state index in [1.807, 2.05) is 0 Å². The highest BCUT2D eigenvalue weighted by Gasteiger charge is 2.19.